The number of halogens is 2. The highest BCUT2D eigenvalue weighted by Gasteiger charge is 2.17. The highest BCUT2D eigenvalue weighted by Crippen LogP contribution is 2.27. The minimum Gasteiger partial charge on any atom is -0.452 e. The van der Waals surface area contributed by atoms with Crippen molar-refractivity contribution in [2.24, 2.45) is 0 Å². The van der Waals surface area contributed by atoms with Gasteiger partial charge >= 0.3 is 5.97 Å². The van der Waals surface area contributed by atoms with Crippen LogP contribution in [0.25, 0.3) is 6.08 Å². The van der Waals surface area contributed by atoms with Gasteiger partial charge in [0.15, 0.2) is 6.61 Å². The second-order valence-electron chi connectivity index (χ2n) is 7.24. The van der Waals surface area contributed by atoms with Crippen LogP contribution in [0.4, 0.5) is 11.4 Å². The van der Waals surface area contributed by atoms with E-state index in [-0.39, 0.29) is 16.4 Å². The van der Waals surface area contributed by atoms with Crippen LogP contribution < -0.4 is 5.32 Å². The number of benzene rings is 2. The number of aryl methyl sites for hydroxylation is 1. The molecule has 176 valence electrons. The second-order valence-corrected chi connectivity index (χ2v) is 8.08. The maximum Gasteiger partial charge on any atom is 0.331 e. The second kappa shape index (κ2) is 11.0. The molecular formula is C23H20Cl2N4O5. The van der Waals surface area contributed by atoms with Gasteiger partial charge in [0.25, 0.3) is 11.6 Å². The Morgan fingerprint density at radius 3 is 2.65 bits per heavy atom. The predicted molar refractivity (Wildman–Crippen MR) is 129 cm³/mol. The molecule has 11 heteroatoms. The van der Waals surface area contributed by atoms with E-state index in [1.807, 2.05) is 32.0 Å². The van der Waals surface area contributed by atoms with Crippen LogP contribution >= 0.6 is 23.2 Å². The lowest BCUT2D eigenvalue weighted by Crippen LogP contribution is -2.20. The number of amides is 1. The molecule has 1 heterocycles. The molecule has 1 aromatic heterocycles. The minimum absolute atomic E-state index is 0.0526. The number of ether oxygens (including phenoxy) is 1. The summed E-state index contributed by atoms with van der Waals surface area (Å²) in [5.41, 5.74) is 2.77. The van der Waals surface area contributed by atoms with Crippen molar-refractivity contribution >= 4 is 52.5 Å². The zero-order valence-corrected chi connectivity index (χ0v) is 19.8. The fourth-order valence-electron chi connectivity index (χ4n) is 3.18. The topological polar surface area (TPSA) is 116 Å². The van der Waals surface area contributed by atoms with E-state index in [1.165, 1.54) is 18.2 Å². The number of hydrogen-bond donors (Lipinski definition) is 1. The van der Waals surface area contributed by atoms with Crippen molar-refractivity contribution in [2.45, 2.75) is 20.4 Å². The zero-order chi connectivity index (χ0) is 24.8. The van der Waals surface area contributed by atoms with E-state index in [0.717, 1.165) is 22.9 Å². The summed E-state index contributed by atoms with van der Waals surface area (Å²) in [5, 5.41) is 18.7. The number of carbonyl (C=O) groups excluding carboxylic acids is 2. The molecule has 0 radical (unpaired) electrons. The molecule has 0 spiro atoms. The quantitative estimate of drug-likeness (QED) is 0.201. The molecule has 1 amide bonds. The molecule has 9 nitrogen and oxygen atoms in total. The summed E-state index contributed by atoms with van der Waals surface area (Å²) in [4.78, 5) is 34.6. The van der Waals surface area contributed by atoms with Crippen LogP contribution in [0.3, 0.4) is 0 Å². The fraction of sp³-hybridized carbons (Fsp3) is 0.174. The van der Waals surface area contributed by atoms with Crippen LogP contribution in [0.2, 0.25) is 10.0 Å². The van der Waals surface area contributed by atoms with E-state index in [9.17, 15) is 19.7 Å². The van der Waals surface area contributed by atoms with Gasteiger partial charge in [0.1, 0.15) is 5.69 Å². The number of esters is 1. The molecule has 0 unspecified atom stereocenters. The van der Waals surface area contributed by atoms with Crippen molar-refractivity contribution in [3.8, 4) is 0 Å². The Kier molecular flexibility index (Phi) is 8.04. The average molecular weight is 503 g/mol. The molecular weight excluding hydrogens is 483 g/mol. The number of nitrogens with one attached hydrogen (secondary N) is 1. The van der Waals surface area contributed by atoms with Crippen LogP contribution in [0.15, 0.2) is 48.5 Å². The first-order valence-corrected chi connectivity index (χ1v) is 10.8. The van der Waals surface area contributed by atoms with Gasteiger partial charge < -0.3 is 10.1 Å². The number of aromatic nitrogens is 2. The number of nitro benzene ring substituents is 1. The molecule has 0 aliphatic heterocycles. The maximum absolute atomic E-state index is 12.1. The Hall–Kier alpha value is -3.69. The Bertz CT molecular complexity index is 1290. The lowest BCUT2D eigenvalue weighted by atomic mass is 10.1. The first kappa shape index (κ1) is 24.9. The Morgan fingerprint density at radius 1 is 1.21 bits per heavy atom. The Balaban J connectivity index is 1.60. The van der Waals surface area contributed by atoms with Crippen molar-refractivity contribution < 1.29 is 19.2 Å². The molecule has 0 aliphatic rings. The maximum atomic E-state index is 12.1. The third-order valence-electron chi connectivity index (χ3n) is 4.88. The lowest BCUT2D eigenvalue weighted by molar-refractivity contribution is -0.383. The fourth-order valence-corrected chi connectivity index (χ4v) is 3.54. The number of anilines is 1. The van der Waals surface area contributed by atoms with Crippen molar-refractivity contribution in [3.63, 3.8) is 0 Å². The first-order valence-electron chi connectivity index (χ1n) is 10.0. The summed E-state index contributed by atoms with van der Waals surface area (Å²) in [6.45, 7) is 3.54. The van der Waals surface area contributed by atoms with Crippen LogP contribution in [0.5, 0.6) is 0 Å². The average Bonchev–Trinajstić information content (AvgIpc) is 3.05. The van der Waals surface area contributed by atoms with Crippen LogP contribution in [-0.2, 0) is 20.9 Å². The normalized spacial score (nSPS) is 10.9. The van der Waals surface area contributed by atoms with E-state index >= 15 is 0 Å². The number of hydrogen-bond acceptors (Lipinski definition) is 6. The third kappa shape index (κ3) is 6.21. The summed E-state index contributed by atoms with van der Waals surface area (Å²) in [6, 6.07) is 11.3. The predicted octanol–water partition coefficient (Wildman–Crippen LogP) is 4.96. The minimum atomic E-state index is -0.751. The van der Waals surface area contributed by atoms with E-state index in [1.54, 1.807) is 16.8 Å². The van der Waals surface area contributed by atoms with Crippen LogP contribution in [0.1, 0.15) is 22.5 Å². The van der Waals surface area contributed by atoms with Gasteiger partial charge in [0, 0.05) is 33.4 Å². The van der Waals surface area contributed by atoms with E-state index < -0.39 is 23.4 Å². The van der Waals surface area contributed by atoms with Gasteiger partial charge in [-0.1, -0.05) is 41.4 Å². The zero-order valence-electron chi connectivity index (χ0n) is 18.2. The molecule has 0 saturated carbocycles. The van der Waals surface area contributed by atoms with Crippen molar-refractivity contribution in [2.75, 3.05) is 11.9 Å². The monoisotopic (exact) mass is 502 g/mol. The first-order chi connectivity index (χ1) is 16.2. The molecule has 0 bridgehead atoms. The number of nitro groups is 1. The van der Waals surface area contributed by atoms with E-state index in [0.29, 0.717) is 17.3 Å². The van der Waals surface area contributed by atoms with Gasteiger partial charge in [-0.25, -0.2) is 4.79 Å². The highest BCUT2D eigenvalue weighted by molar-refractivity contribution is 6.31. The number of carbonyl (C=O) groups is 2. The van der Waals surface area contributed by atoms with Gasteiger partial charge in [0.2, 0.25) is 0 Å². The highest BCUT2D eigenvalue weighted by atomic mass is 35.5. The van der Waals surface area contributed by atoms with Crippen molar-refractivity contribution in [1.82, 2.24) is 9.78 Å². The Labute approximate surface area is 205 Å². The van der Waals surface area contributed by atoms with Gasteiger partial charge in [-0.2, -0.15) is 5.10 Å². The summed E-state index contributed by atoms with van der Waals surface area (Å²) >= 11 is 12.0. The van der Waals surface area contributed by atoms with E-state index in [2.05, 4.69) is 10.4 Å². The van der Waals surface area contributed by atoms with Gasteiger partial charge in [0.05, 0.1) is 17.2 Å². The van der Waals surface area contributed by atoms with Crippen molar-refractivity contribution in [1.29, 1.82) is 0 Å². The number of rotatable bonds is 8. The summed E-state index contributed by atoms with van der Waals surface area (Å²) < 4.78 is 6.73. The summed E-state index contributed by atoms with van der Waals surface area (Å²) in [5.74, 6) is -1.48. The van der Waals surface area contributed by atoms with E-state index in [4.69, 9.17) is 27.9 Å². The molecule has 0 fully saturated rings. The standard InChI is InChI=1S/C23H20Cl2N4O5/c1-14-18(15(2)28(27-14)12-16-5-3-4-6-19(16)25)8-10-23(31)34-13-22(30)26-20-9-7-17(24)11-21(20)29(32)33/h3-11H,12-13H2,1-2H3,(H,26,30)/b10-8+. The van der Waals surface area contributed by atoms with Gasteiger partial charge in [-0.15, -0.1) is 0 Å². The molecule has 0 aliphatic carbocycles. The Morgan fingerprint density at radius 2 is 1.94 bits per heavy atom. The molecule has 1 N–H and O–H groups in total. The van der Waals surface area contributed by atoms with Crippen LogP contribution in [-0.4, -0.2) is 33.2 Å². The lowest BCUT2D eigenvalue weighted by Gasteiger charge is -2.07. The largest absolute Gasteiger partial charge is 0.452 e. The smallest absolute Gasteiger partial charge is 0.331 e. The summed E-state index contributed by atoms with van der Waals surface area (Å²) in [7, 11) is 0. The van der Waals surface area contributed by atoms with Gasteiger partial charge in [-0.3, -0.25) is 19.6 Å². The SMILES string of the molecule is Cc1nn(Cc2ccccc2Cl)c(C)c1/C=C/C(=O)OCC(=O)Nc1ccc(Cl)cc1[N+](=O)[O-]. The molecule has 3 aromatic rings. The summed E-state index contributed by atoms with van der Waals surface area (Å²) in [6.07, 6.45) is 2.75. The van der Waals surface area contributed by atoms with Crippen LogP contribution in [0, 0.1) is 24.0 Å². The molecule has 3 rings (SSSR count). The third-order valence-corrected chi connectivity index (χ3v) is 5.48. The van der Waals surface area contributed by atoms with Gasteiger partial charge in [-0.05, 0) is 43.7 Å². The molecule has 34 heavy (non-hydrogen) atoms. The van der Waals surface area contributed by atoms with Crippen molar-refractivity contribution in [3.05, 3.63) is 91.2 Å². The molecule has 0 saturated heterocycles. The number of nitrogens with zero attached hydrogens (tertiary/aromatic N) is 3. The molecule has 2 aromatic carbocycles. The molecule has 0 atom stereocenters.